The van der Waals surface area contributed by atoms with E-state index in [9.17, 15) is 9.59 Å². The molecule has 1 rings (SSSR count). The van der Waals surface area contributed by atoms with Crippen molar-refractivity contribution in [3.63, 3.8) is 0 Å². The Balaban J connectivity index is 2.16. The van der Waals surface area contributed by atoms with Crippen LogP contribution in [0.1, 0.15) is 38.5 Å². The fraction of sp³-hybridized carbons (Fsp3) is 0.833. The van der Waals surface area contributed by atoms with Crippen molar-refractivity contribution in [2.45, 2.75) is 44.6 Å². The topological polar surface area (TPSA) is 66.8 Å². The Kier molecular flexibility index (Phi) is 5.97. The summed E-state index contributed by atoms with van der Waals surface area (Å²) in [5.74, 6) is -0.874. The number of hydrogen-bond donors (Lipinski definition) is 1. The van der Waals surface area contributed by atoms with Crippen LogP contribution in [-0.2, 0) is 14.3 Å². The molecule has 1 amide bonds. The Morgan fingerprint density at radius 3 is 2.71 bits per heavy atom. The number of nitrogens with zero attached hydrogens (tertiary/aromatic N) is 1. The van der Waals surface area contributed by atoms with Crippen LogP contribution in [0.4, 0.5) is 0 Å². The zero-order valence-electron chi connectivity index (χ0n) is 10.4. The first kappa shape index (κ1) is 14.0. The molecule has 0 aromatic carbocycles. The zero-order chi connectivity index (χ0) is 12.7. The lowest BCUT2D eigenvalue weighted by molar-refractivity contribution is -0.138. The van der Waals surface area contributed by atoms with Crippen molar-refractivity contribution < 1.29 is 19.4 Å². The van der Waals surface area contributed by atoms with Crippen LogP contribution in [0.3, 0.4) is 0 Å². The maximum Gasteiger partial charge on any atom is 0.305 e. The molecule has 0 bridgehead atoms. The first-order valence-electron chi connectivity index (χ1n) is 6.17. The predicted octanol–water partition coefficient (Wildman–Crippen LogP) is 1.27. The molecule has 0 radical (unpaired) electrons. The Morgan fingerprint density at radius 1 is 1.35 bits per heavy atom. The quantitative estimate of drug-likeness (QED) is 0.763. The normalized spacial score (nSPS) is 19.9. The summed E-state index contributed by atoms with van der Waals surface area (Å²) < 4.78 is 5.54. The summed E-state index contributed by atoms with van der Waals surface area (Å²) in [5, 5.41) is 8.52. The molecular formula is C12H21NO4. The average molecular weight is 243 g/mol. The number of amides is 1. The number of hydrogen-bond acceptors (Lipinski definition) is 3. The molecule has 0 spiro atoms. The number of carboxylic acid groups (broad SMARTS) is 1. The first-order valence-corrected chi connectivity index (χ1v) is 6.17. The van der Waals surface area contributed by atoms with Crippen molar-refractivity contribution in [2.75, 3.05) is 20.2 Å². The van der Waals surface area contributed by atoms with Gasteiger partial charge in [0.05, 0.1) is 12.5 Å². The summed E-state index contributed by atoms with van der Waals surface area (Å²) in [5.41, 5.74) is 0. The van der Waals surface area contributed by atoms with Crippen molar-refractivity contribution >= 4 is 11.9 Å². The highest BCUT2D eigenvalue weighted by Gasteiger charge is 2.17. The first-order chi connectivity index (χ1) is 8.09. The van der Waals surface area contributed by atoms with Crippen LogP contribution in [-0.4, -0.2) is 48.2 Å². The summed E-state index contributed by atoms with van der Waals surface area (Å²) >= 11 is 0. The molecule has 98 valence electrons. The minimum absolute atomic E-state index is 0.000392. The third-order valence-electron chi connectivity index (χ3n) is 3.04. The number of carbonyl (C=O) groups is 2. The second kappa shape index (κ2) is 7.27. The highest BCUT2D eigenvalue weighted by Crippen LogP contribution is 2.17. The largest absolute Gasteiger partial charge is 0.481 e. The predicted molar refractivity (Wildman–Crippen MR) is 62.7 cm³/mol. The Hall–Kier alpha value is -1.10. The maximum absolute atomic E-state index is 11.7. The molecule has 0 unspecified atom stereocenters. The van der Waals surface area contributed by atoms with Crippen LogP contribution in [0.5, 0.6) is 0 Å². The van der Waals surface area contributed by atoms with Gasteiger partial charge in [0.15, 0.2) is 0 Å². The van der Waals surface area contributed by atoms with Gasteiger partial charge in [-0.3, -0.25) is 9.59 Å². The summed E-state index contributed by atoms with van der Waals surface area (Å²) in [6, 6.07) is 0. The minimum Gasteiger partial charge on any atom is -0.481 e. The monoisotopic (exact) mass is 243 g/mol. The molecule has 1 aliphatic heterocycles. The molecule has 1 aliphatic rings. The molecular weight excluding hydrogens is 222 g/mol. The van der Waals surface area contributed by atoms with E-state index in [1.165, 1.54) is 11.3 Å². The van der Waals surface area contributed by atoms with E-state index in [1.54, 1.807) is 7.05 Å². The lowest BCUT2D eigenvalue weighted by Gasteiger charge is -2.23. The lowest BCUT2D eigenvalue weighted by Crippen LogP contribution is -2.30. The number of carboxylic acids is 1. The number of aliphatic carboxylic acids is 1. The number of rotatable bonds is 6. The van der Waals surface area contributed by atoms with Crippen LogP contribution < -0.4 is 0 Å². The highest BCUT2D eigenvalue weighted by molar-refractivity contribution is 5.76. The maximum atomic E-state index is 11.7. The van der Waals surface area contributed by atoms with Gasteiger partial charge in [0, 0.05) is 26.6 Å². The van der Waals surface area contributed by atoms with E-state index in [1.807, 2.05) is 0 Å². The van der Waals surface area contributed by atoms with E-state index in [-0.39, 0.29) is 25.0 Å². The van der Waals surface area contributed by atoms with E-state index in [0.29, 0.717) is 6.42 Å². The average Bonchev–Trinajstić information content (AvgIpc) is 2.34. The summed E-state index contributed by atoms with van der Waals surface area (Å²) in [4.78, 5) is 23.5. The molecule has 5 nitrogen and oxygen atoms in total. The third kappa shape index (κ3) is 5.68. The molecule has 0 aromatic heterocycles. The third-order valence-corrected chi connectivity index (χ3v) is 3.04. The van der Waals surface area contributed by atoms with Crippen LogP contribution >= 0.6 is 0 Å². The molecule has 1 saturated heterocycles. The van der Waals surface area contributed by atoms with Crippen molar-refractivity contribution in [2.24, 2.45) is 0 Å². The number of ether oxygens (including phenoxy) is 1. The van der Waals surface area contributed by atoms with Gasteiger partial charge in [-0.25, -0.2) is 0 Å². The molecule has 0 aromatic rings. The Labute approximate surface area is 102 Å². The minimum atomic E-state index is -0.875. The smallest absolute Gasteiger partial charge is 0.305 e. The molecule has 0 saturated carbocycles. The van der Waals surface area contributed by atoms with Gasteiger partial charge in [-0.05, 0) is 25.7 Å². The van der Waals surface area contributed by atoms with E-state index in [0.717, 1.165) is 25.9 Å². The second-order valence-electron chi connectivity index (χ2n) is 4.49. The van der Waals surface area contributed by atoms with Crippen LogP contribution in [0, 0.1) is 0 Å². The summed E-state index contributed by atoms with van der Waals surface area (Å²) in [7, 11) is 1.65. The van der Waals surface area contributed by atoms with Gasteiger partial charge in [-0.15, -0.1) is 0 Å². The highest BCUT2D eigenvalue weighted by atomic mass is 16.5. The van der Waals surface area contributed by atoms with E-state index in [2.05, 4.69) is 0 Å². The second-order valence-corrected chi connectivity index (χ2v) is 4.49. The van der Waals surface area contributed by atoms with Crippen LogP contribution in [0.25, 0.3) is 0 Å². The van der Waals surface area contributed by atoms with Gasteiger partial charge in [0.1, 0.15) is 0 Å². The number of carbonyl (C=O) groups excluding carboxylic acids is 1. The van der Waals surface area contributed by atoms with Crippen molar-refractivity contribution in [1.82, 2.24) is 4.90 Å². The molecule has 0 aliphatic carbocycles. The fourth-order valence-corrected chi connectivity index (χ4v) is 1.90. The van der Waals surface area contributed by atoms with Gasteiger partial charge < -0.3 is 14.7 Å². The van der Waals surface area contributed by atoms with Gasteiger partial charge in [0.25, 0.3) is 0 Å². The van der Waals surface area contributed by atoms with Gasteiger partial charge >= 0.3 is 5.97 Å². The SMILES string of the molecule is CN(CCC(=O)O)C(=O)CC[C@@H]1CCCCO1. The fourth-order valence-electron chi connectivity index (χ4n) is 1.90. The molecule has 1 fully saturated rings. The van der Waals surface area contributed by atoms with E-state index >= 15 is 0 Å². The van der Waals surface area contributed by atoms with Gasteiger partial charge in [-0.2, -0.15) is 0 Å². The molecule has 1 atom stereocenters. The summed E-state index contributed by atoms with van der Waals surface area (Å²) in [6.07, 6.45) is 4.72. The van der Waals surface area contributed by atoms with E-state index < -0.39 is 5.97 Å². The molecule has 1 heterocycles. The molecule has 1 N–H and O–H groups in total. The standard InChI is InChI=1S/C12H21NO4/c1-13(8-7-12(15)16)11(14)6-5-10-4-2-3-9-17-10/h10H,2-9H2,1H3,(H,15,16)/t10-/m0/s1. The van der Waals surface area contributed by atoms with Crippen molar-refractivity contribution in [3.8, 4) is 0 Å². The molecule has 17 heavy (non-hydrogen) atoms. The van der Waals surface area contributed by atoms with Crippen molar-refractivity contribution in [3.05, 3.63) is 0 Å². The van der Waals surface area contributed by atoms with E-state index in [4.69, 9.17) is 9.84 Å². The van der Waals surface area contributed by atoms with Crippen LogP contribution in [0.15, 0.2) is 0 Å². The Morgan fingerprint density at radius 2 is 2.12 bits per heavy atom. The zero-order valence-corrected chi connectivity index (χ0v) is 10.4. The summed E-state index contributed by atoms with van der Waals surface area (Å²) in [6.45, 7) is 1.08. The van der Waals surface area contributed by atoms with Gasteiger partial charge in [0.2, 0.25) is 5.91 Å². The van der Waals surface area contributed by atoms with Crippen LogP contribution in [0.2, 0.25) is 0 Å². The van der Waals surface area contributed by atoms with Gasteiger partial charge in [-0.1, -0.05) is 0 Å². The van der Waals surface area contributed by atoms with Crippen molar-refractivity contribution in [1.29, 1.82) is 0 Å². The molecule has 5 heteroatoms. The lowest BCUT2D eigenvalue weighted by atomic mass is 10.0. The Bertz CT molecular complexity index is 261.